The smallest absolute Gasteiger partial charge is 0.223 e. The van der Waals surface area contributed by atoms with Gasteiger partial charge in [-0.15, -0.1) is 0 Å². The molecule has 0 saturated heterocycles. The predicted molar refractivity (Wildman–Crippen MR) is 116 cm³/mol. The van der Waals surface area contributed by atoms with Crippen molar-refractivity contribution >= 4 is 23.5 Å². The van der Waals surface area contributed by atoms with Crippen LogP contribution in [-0.4, -0.2) is 21.9 Å². The molecule has 6 heteroatoms. The van der Waals surface area contributed by atoms with Crippen LogP contribution >= 0.6 is 11.6 Å². The van der Waals surface area contributed by atoms with Crippen LogP contribution in [0, 0.1) is 5.92 Å². The lowest BCUT2D eigenvalue weighted by molar-refractivity contribution is -0.122. The summed E-state index contributed by atoms with van der Waals surface area (Å²) >= 11 is 6.42. The van der Waals surface area contributed by atoms with Gasteiger partial charge in [-0.1, -0.05) is 60.1 Å². The summed E-state index contributed by atoms with van der Waals surface area (Å²) in [6.45, 7) is 0. The Morgan fingerprint density at radius 2 is 1.66 bits per heavy atom. The van der Waals surface area contributed by atoms with Crippen LogP contribution in [-0.2, 0) is 4.79 Å². The first-order valence-electron chi connectivity index (χ1n) is 9.84. The molecular formula is C23H23ClN4O. The molecule has 0 aliphatic heterocycles. The number of nitrogens with zero attached hydrogens (tertiary/aromatic N) is 2. The predicted octanol–water partition coefficient (Wildman–Crippen LogP) is 4.92. The first-order valence-corrected chi connectivity index (χ1v) is 10.2. The molecule has 5 nitrogen and oxygen atoms in total. The van der Waals surface area contributed by atoms with Gasteiger partial charge in [0.05, 0.1) is 16.9 Å². The fraction of sp³-hybridized carbons (Fsp3) is 0.261. The van der Waals surface area contributed by atoms with Crippen LogP contribution in [0.4, 0.5) is 5.95 Å². The van der Waals surface area contributed by atoms with E-state index in [1.165, 1.54) is 0 Å². The first-order chi connectivity index (χ1) is 14.1. The van der Waals surface area contributed by atoms with Gasteiger partial charge in [-0.25, -0.2) is 9.97 Å². The highest BCUT2D eigenvalue weighted by Gasteiger charge is 2.25. The fourth-order valence-corrected chi connectivity index (χ4v) is 4.02. The average molecular weight is 407 g/mol. The number of benzene rings is 2. The highest BCUT2D eigenvalue weighted by molar-refractivity contribution is 6.32. The van der Waals surface area contributed by atoms with Crippen molar-refractivity contribution in [3.05, 3.63) is 65.8 Å². The van der Waals surface area contributed by atoms with Crippen molar-refractivity contribution in [2.24, 2.45) is 11.7 Å². The maximum absolute atomic E-state index is 11.4. The number of hydrogen-bond acceptors (Lipinski definition) is 4. The molecule has 0 bridgehead atoms. The number of rotatable bonds is 5. The van der Waals surface area contributed by atoms with E-state index in [1.54, 1.807) is 6.20 Å². The molecule has 1 aliphatic carbocycles. The zero-order valence-corrected chi connectivity index (χ0v) is 16.8. The molecule has 0 unspecified atom stereocenters. The number of carbonyl (C=O) groups is 1. The molecule has 1 aliphatic rings. The molecular weight excluding hydrogens is 384 g/mol. The van der Waals surface area contributed by atoms with E-state index in [4.69, 9.17) is 17.3 Å². The minimum absolute atomic E-state index is 0.0181. The molecule has 1 heterocycles. The molecule has 1 aromatic heterocycles. The third-order valence-electron chi connectivity index (χ3n) is 5.45. The van der Waals surface area contributed by atoms with Gasteiger partial charge in [0, 0.05) is 17.5 Å². The summed E-state index contributed by atoms with van der Waals surface area (Å²) in [5.41, 5.74) is 9.32. The molecule has 4 rings (SSSR count). The molecule has 1 saturated carbocycles. The van der Waals surface area contributed by atoms with Crippen molar-refractivity contribution in [3.8, 4) is 22.4 Å². The molecule has 2 aromatic carbocycles. The second kappa shape index (κ2) is 8.62. The topological polar surface area (TPSA) is 80.9 Å². The summed E-state index contributed by atoms with van der Waals surface area (Å²) in [5.74, 6) is 0.333. The van der Waals surface area contributed by atoms with Gasteiger partial charge in [-0.3, -0.25) is 4.79 Å². The number of carbonyl (C=O) groups excluding carboxylic acids is 1. The van der Waals surface area contributed by atoms with Crippen LogP contribution in [0.2, 0.25) is 5.02 Å². The normalized spacial score (nSPS) is 18.9. The van der Waals surface area contributed by atoms with E-state index >= 15 is 0 Å². The Balaban J connectivity index is 1.54. The number of hydrogen-bond donors (Lipinski definition) is 2. The monoisotopic (exact) mass is 406 g/mol. The molecule has 29 heavy (non-hydrogen) atoms. The molecule has 3 N–H and O–H groups in total. The fourth-order valence-electron chi connectivity index (χ4n) is 3.82. The molecule has 3 aromatic rings. The van der Waals surface area contributed by atoms with E-state index in [9.17, 15) is 4.79 Å². The van der Waals surface area contributed by atoms with Crippen molar-refractivity contribution in [3.63, 3.8) is 0 Å². The van der Waals surface area contributed by atoms with Crippen LogP contribution in [0.3, 0.4) is 0 Å². The Morgan fingerprint density at radius 3 is 2.38 bits per heavy atom. The van der Waals surface area contributed by atoms with Crippen LogP contribution in [0.1, 0.15) is 25.7 Å². The summed E-state index contributed by atoms with van der Waals surface area (Å²) < 4.78 is 0. The van der Waals surface area contributed by atoms with Gasteiger partial charge in [0.25, 0.3) is 0 Å². The Labute approximate surface area is 175 Å². The summed E-state index contributed by atoms with van der Waals surface area (Å²) in [4.78, 5) is 20.4. The molecule has 1 amide bonds. The lowest BCUT2D eigenvalue weighted by Crippen LogP contribution is -2.32. The summed E-state index contributed by atoms with van der Waals surface area (Å²) in [7, 11) is 0. The third-order valence-corrected chi connectivity index (χ3v) is 5.73. The zero-order valence-electron chi connectivity index (χ0n) is 16.0. The van der Waals surface area contributed by atoms with Gasteiger partial charge in [0.1, 0.15) is 0 Å². The largest absolute Gasteiger partial charge is 0.369 e. The Bertz CT molecular complexity index is 1000. The standard InChI is InChI=1S/C23H23ClN4O/c24-20-14-26-23(27-19-11-9-16(10-12-19)22(25)29)28-21(20)18-8-4-7-17(13-18)15-5-2-1-3-6-15/h1-8,13-14,16,19H,9-12H2,(H2,25,29)(H,26,27,28)/t16-,19-. The Morgan fingerprint density at radius 1 is 0.966 bits per heavy atom. The average Bonchev–Trinajstić information content (AvgIpc) is 2.76. The van der Waals surface area contributed by atoms with Crippen molar-refractivity contribution in [2.45, 2.75) is 31.7 Å². The summed E-state index contributed by atoms with van der Waals surface area (Å²) in [6, 6.07) is 18.6. The van der Waals surface area contributed by atoms with Crippen molar-refractivity contribution in [1.29, 1.82) is 0 Å². The van der Waals surface area contributed by atoms with E-state index in [1.807, 2.05) is 30.3 Å². The van der Waals surface area contributed by atoms with Crippen LogP contribution < -0.4 is 11.1 Å². The maximum atomic E-state index is 11.4. The molecule has 148 valence electrons. The van der Waals surface area contributed by atoms with Crippen LogP contribution in [0.15, 0.2) is 60.8 Å². The van der Waals surface area contributed by atoms with Crippen molar-refractivity contribution in [2.75, 3.05) is 5.32 Å². The zero-order chi connectivity index (χ0) is 20.2. The van der Waals surface area contributed by atoms with Crippen molar-refractivity contribution in [1.82, 2.24) is 9.97 Å². The lowest BCUT2D eigenvalue weighted by atomic mass is 9.86. The van der Waals surface area contributed by atoms with E-state index in [2.05, 4.69) is 39.6 Å². The summed E-state index contributed by atoms with van der Waals surface area (Å²) in [6.07, 6.45) is 4.98. The van der Waals surface area contributed by atoms with Gasteiger partial charge in [-0.05, 0) is 42.9 Å². The third kappa shape index (κ3) is 4.57. The quantitative estimate of drug-likeness (QED) is 0.630. The second-order valence-electron chi connectivity index (χ2n) is 7.43. The van der Waals surface area contributed by atoms with Gasteiger partial charge in [0.2, 0.25) is 11.9 Å². The number of halogens is 1. The number of nitrogens with one attached hydrogen (secondary N) is 1. The van der Waals surface area contributed by atoms with Gasteiger partial charge < -0.3 is 11.1 Å². The summed E-state index contributed by atoms with van der Waals surface area (Å²) in [5, 5.41) is 3.90. The Kier molecular flexibility index (Phi) is 5.76. The second-order valence-corrected chi connectivity index (χ2v) is 7.84. The molecule has 0 atom stereocenters. The van der Waals surface area contributed by atoms with Crippen LogP contribution in [0.5, 0.6) is 0 Å². The number of aromatic nitrogens is 2. The molecule has 0 spiro atoms. The van der Waals surface area contributed by atoms with Crippen LogP contribution in [0.25, 0.3) is 22.4 Å². The number of amides is 1. The molecule has 1 fully saturated rings. The van der Waals surface area contributed by atoms with Crippen molar-refractivity contribution < 1.29 is 4.79 Å². The van der Waals surface area contributed by atoms with Gasteiger partial charge in [-0.2, -0.15) is 0 Å². The first kappa shape index (κ1) is 19.4. The van der Waals surface area contributed by atoms with E-state index in [0.29, 0.717) is 16.7 Å². The van der Waals surface area contributed by atoms with E-state index in [0.717, 1.165) is 42.4 Å². The minimum Gasteiger partial charge on any atom is -0.369 e. The highest BCUT2D eigenvalue weighted by Crippen LogP contribution is 2.31. The van der Waals surface area contributed by atoms with E-state index in [-0.39, 0.29) is 17.9 Å². The van der Waals surface area contributed by atoms with Gasteiger partial charge in [0.15, 0.2) is 0 Å². The SMILES string of the molecule is NC(=O)[C@H]1CC[C@H](Nc2ncc(Cl)c(-c3cccc(-c4ccccc4)c3)n2)CC1. The number of anilines is 1. The Hall–Kier alpha value is -2.92. The number of nitrogens with two attached hydrogens (primary N) is 1. The molecule has 0 radical (unpaired) electrons. The minimum atomic E-state index is -0.202. The van der Waals surface area contributed by atoms with Gasteiger partial charge >= 0.3 is 0 Å². The highest BCUT2D eigenvalue weighted by atomic mass is 35.5. The maximum Gasteiger partial charge on any atom is 0.223 e. The number of primary amides is 1. The lowest BCUT2D eigenvalue weighted by Gasteiger charge is -2.27. The van der Waals surface area contributed by atoms with E-state index < -0.39 is 0 Å².